The maximum absolute atomic E-state index is 13.6. The number of aryl methyl sites for hydroxylation is 1. The van der Waals surface area contributed by atoms with Gasteiger partial charge in [-0.05, 0) is 37.3 Å². The lowest BCUT2D eigenvalue weighted by atomic mass is 10.0. The SMILES string of the molecule is COc1ccccc1C1=C(N(C)c2ccccc2)C(=O)N(c2ccc(C)cc2)C1=O. The molecule has 0 fully saturated rings. The third-order valence-corrected chi connectivity index (χ3v) is 5.21. The Bertz CT molecular complexity index is 1130. The van der Waals surface area contributed by atoms with Crippen LogP contribution in [-0.2, 0) is 9.59 Å². The quantitative estimate of drug-likeness (QED) is 0.597. The van der Waals surface area contributed by atoms with E-state index in [4.69, 9.17) is 4.74 Å². The van der Waals surface area contributed by atoms with Crippen LogP contribution in [-0.4, -0.2) is 26.0 Å². The van der Waals surface area contributed by atoms with Crippen LogP contribution >= 0.6 is 0 Å². The topological polar surface area (TPSA) is 49.9 Å². The Labute approximate surface area is 175 Å². The maximum Gasteiger partial charge on any atom is 0.282 e. The highest BCUT2D eigenvalue weighted by Crippen LogP contribution is 2.39. The van der Waals surface area contributed by atoms with E-state index in [1.165, 1.54) is 4.90 Å². The molecule has 0 aromatic heterocycles. The van der Waals surface area contributed by atoms with Crippen molar-refractivity contribution in [3.63, 3.8) is 0 Å². The first kappa shape index (κ1) is 19.5. The number of benzene rings is 3. The van der Waals surface area contributed by atoms with Crippen LogP contribution in [0.5, 0.6) is 5.75 Å². The number of methoxy groups -OCH3 is 1. The van der Waals surface area contributed by atoms with Crippen molar-refractivity contribution >= 4 is 28.8 Å². The maximum atomic E-state index is 13.6. The van der Waals surface area contributed by atoms with Gasteiger partial charge in [-0.15, -0.1) is 0 Å². The summed E-state index contributed by atoms with van der Waals surface area (Å²) in [5.74, 6) is -0.194. The number of carbonyl (C=O) groups excluding carboxylic acids is 2. The number of hydrogen-bond donors (Lipinski definition) is 0. The van der Waals surface area contributed by atoms with Crippen molar-refractivity contribution in [3.05, 3.63) is 95.7 Å². The van der Waals surface area contributed by atoms with Crippen LogP contribution in [0.2, 0.25) is 0 Å². The minimum Gasteiger partial charge on any atom is -0.496 e. The fraction of sp³-hybridized carbons (Fsp3) is 0.120. The predicted octanol–water partition coefficient (Wildman–Crippen LogP) is 4.42. The number of anilines is 2. The van der Waals surface area contributed by atoms with Crippen LogP contribution in [0.4, 0.5) is 11.4 Å². The van der Waals surface area contributed by atoms with Crippen molar-refractivity contribution in [2.75, 3.05) is 24.0 Å². The van der Waals surface area contributed by atoms with Gasteiger partial charge in [0.1, 0.15) is 11.4 Å². The van der Waals surface area contributed by atoms with E-state index >= 15 is 0 Å². The molecule has 0 aliphatic carbocycles. The monoisotopic (exact) mass is 398 g/mol. The van der Waals surface area contributed by atoms with Crippen LogP contribution in [0.3, 0.4) is 0 Å². The highest BCUT2D eigenvalue weighted by Gasteiger charge is 2.42. The Kier molecular flexibility index (Phi) is 5.11. The third kappa shape index (κ3) is 3.24. The van der Waals surface area contributed by atoms with E-state index in [9.17, 15) is 9.59 Å². The average Bonchev–Trinajstić information content (AvgIpc) is 3.04. The molecule has 3 aromatic carbocycles. The molecule has 0 spiro atoms. The van der Waals surface area contributed by atoms with Gasteiger partial charge in [-0.1, -0.05) is 54.1 Å². The van der Waals surface area contributed by atoms with Gasteiger partial charge in [0.25, 0.3) is 11.8 Å². The summed E-state index contributed by atoms with van der Waals surface area (Å²) in [5.41, 5.74) is 3.63. The van der Waals surface area contributed by atoms with Gasteiger partial charge in [0.05, 0.1) is 18.4 Å². The van der Waals surface area contributed by atoms with E-state index in [0.29, 0.717) is 28.3 Å². The van der Waals surface area contributed by atoms with Gasteiger partial charge >= 0.3 is 0 Å². The first-order chi connectivity index (χ1) is 14.5. The zero-order valence-electron chi connectivity index (χ0n) is 17.1. The molecule has 0 radical (unpaired) electrons. The van der Waals surface area contributed by atoms with Crippen LogP contribution in [0.1, 0.15) is 11.1 Å². The molecule has 0 unspecified atom stereocenters. The number of amides is 2. The first-order valence-electron chi connectivity index (χ1n) is 9.65. The van der Waals surface area contributed by atoms with Gasteiger partial charge in [0.2, 0.25) is 0 Å². The average molecular weight is 398 g/mol. The summed E-state index contributed by atoms with van der Waals surface area (Å²) in [6, 6.07) is 24.1. The summed E-state index contributed by atoms with van der Waals surface area (Å²) in [4.78, 5) is 30.1. The summed E-state index contributed by atoms with van der Waals surface area (Å²) < 4.78 is 5.50. The summed E-state index contributed by atoms with van der Waals surface area (Å²) in [7, 11) is 3.35. The van der Waals surface area contributed by atoms with Gasteiger partial charge in [-0.25, -0.2) is 4.90 Å². The smallest absolute Gasteiger partial charge is 0.282 e. The Morgan fingerprint density at radius 3 is 2.10 bits per heavy atom. The second kappa shape index (κ2) is 7.87. The van der Waals surface area contributed by atoms with Crippen molar-refractivity contribution in [1.29, 1.82) is 0 Å². The zero-order valence-corrected chi connectivity index (χ0v) is 17.1. The lowest BCUT2D eigenvalue weighted by Gasteiger charge is -2.21. The van der Waals surface area contributed by atoms with E-state index in [-0.39, 0.29) is 11.8 Å². The van der Waals surface area contributed by atoms with Gasteiger partial charge < -0.3 is 9.64 Å². The van der Waals surface area contributed by atoms with Crippen LogP contribution < -0.4 is 14.5 Å². The molecule has 1 aliphatic heterocycles. The van der Waals surface area contributed by atoms with Crippen LogP contribution in [0.15, 0.2) is 84.6 Å². The second-order valence-electron chi connectivity index (χ2n) is 7.10. The highest BCUT2D eigenvalue weighted by molar-refractivity contribution is 6.46. The Hall–Kier alpha value is -3.86. The van der Waals surface area contributed by atoms with Crippen molar-refractivity contribution in [2.45, 2.75) is 6.92 Å². The fourth-order valence-corrected chi connectivity index (χ4v) is 3.63. The summed E-state index contributed by atoms with van der Waals surface area (Å²) in [6.07, 6.45) is 0. The molecule has 0 saturated carbocycles. The standard InChI is InChI=1S/C25H22N2O3/c1-17-13-15-19(16-14-17)27-24(28)22(20-11-7-8-12-21(20)30-3)23(25(27)29)26(2)18-9-5-4-6-10-18/h4-16H,1-3H3. The number of para-hydroxylation sites is 2. The molecule has 1 heterocycles. The molecule has 0 N–H and O–H groups in total. The molecular weight excluding hydrogens is 376 g/mol. The number of nitrogens with zero attached hydrogens (tertiary/aromatic N) is 2. The van der Waals surface area contributed by atoms with E-state index in [0.717, 1.165) is 11.3 Å². The van der Waals surface area contributed by atoms with Gasteiger partial charge in [-0.3, -0.25) is 9.59 Å². The zero-order chi connectivity index (χ0) is 21.3. The largest absolute Gasteiger partial charge is 0.496 e. The van der Waals surface area contributed by atoms with Crippen molar-refractivity contribution in [1.82, 2.24) is 0 Å². The van der Waals surface area contributed by atoms with Gasteiger partial charge in [0, 0.05) is 18.3 Å². The Morgan fingerprint density at radius 1 is 0.800 bits per heavy atom. The molecule has 0 saturated heterocycles. The molecule has 150 valence electrons. The molecule has 1 aliphatic rings. The Morgan fingerprint density at radius 2 is 1.43 bits per heavy atom. The van der Waals surface area contributed by atoms with Gasteiger partial charge in [0.15, 0.2) is 0 Å². The summed E-state index contributed by atoms with van der Waals surface area (Å²) >= 11 is 0. The lowest BCUT2D eigenvalue weighted by Crippen LogP contribution is -2.34. The van der Waals surface area contributed by atoms with Crippen molar-refractivity contribution in [2.24, 2.45) is 0 Å². The number of rotatable bonds is 5. The predicted molar refractivity (Wildman–Crippen MR) is 118 cm³/mol. The van der Waals surface area contributed by atoms with E-state index in [2.05, 4.69) is 0 Å². The van der Waals surface area contributed by atoms with Gasteiger partial charge in [-0.2, -0.15) is 0 Å². The van der Waals surface area contributed by atoms with E-state index < -0.39 is 0 Å². The number of hydrogen-bond acceptors (Lipinski definition) is 4. The highest BCUT2D eigenvalue weighted by atomic mass is 16.5. The fourth-order valence-electron chi connectivity index (χ4n) is 3.63. The molecule has 5 nitrogen and oxygen atoms in total. The third-order valence-electron chi connectivity index (χ3n) is 5.21. The molecular formula is C25H22N2O3. The summed E-state index contributed by atoms with van der Waals surface area (Å²) in [6.45, 7) is 1.96. The molecule has 3 aromatic rings. The Balaban J connectivity index is 1.91. The minimum absolute atomic E-state index is 0.316. The lowest BCUT2D eigenvalue weighted by molar-refractivity contribution is -0.120. The van der Waals surface area contributed by atoms with Crippen LogP contribution in [0, 0.1) is 6.92 Å². The number of ether oxygens (including phenoxy) is 1. The normalized spacial score (nSPS) is 13.8. The number of carbonyl (C=O) groups is 2. The van der Waals surface area contributed by atoms with Crippen LogP contribution in [0.25, 0.3) is 5.57 Å². The summed E-state index contributed by atoms with van der Waals surface area (Å²) in [5, 5.41) is 0. The molecule has 0 atom stereocenters. The van der Waals surface area contributed by atoms with Crippen molar-refractivity contribution < 1.29 is 14.3 Å². The molecule has 30 heavy (non-hydrogen) atoms. The molecule has 4 rings (SSSR count). The molecule has 2 amide bonds. The van der Waals surface area contributed by atoms with E-state index in [1.807, 2.05) is 61.5 Å². The van der Waals surface area contributed by atoms with E-state index in [1.54, 1.807) is 43.3 Å². The van der Waals surface area contributed by atoms with Crippen molar-refractivity contribution in [3.8, 4) is 5.75 Å². The molecule has 0 bridgehead atoms. The number of likely N-dealkylation sites (N-methyl/N-ethyl adjacent to an activating group) is 1. The number of imide groups is 1. The second-order valence-corrected chi connectivity index (χ2v) is 7.10. The minimum atomic E-state index is -0.369. The molecule has 5 heteroatoms. The first-order valence-corrected chi connectivity index (χ1v) is 9.65.